The first kappa shape index (κ1) is 53.0. The molecule has 0 fully saturated rings. The zero-order chi connectivity index (χ0) is 44.6. The molecular formula is C48H71NO15. The van der Waals surface area contributed by atoms with E-state index in [0.717, 1.165) is 5.56 Å². The minimum absolute atomic E-state index is 0.0335. The Morgan fingerprint density at radius 3 is 1.02 bits per heavy atom. The van der Waals surface area contributed by atoms with E-state index in [2.05, 4.69) is 29.6 Å². The fraction of sp³-hybridized carbons (Fsp3) is 0.604. The van der Waals surface area contributed by atoms with Gasteiger partial charge in [-0.1, -0.05) is 78.9 Å². The lowest BCUT2D eigenvalue weighted by Crippen LogP contribution is -2.29. The molecule has 3 aromatic carbocycles. The van der Waals surface area contributed by atoms with Gasteiger partial charge in [0, 0.05) is 12.5 Å². The highest BCUT2D eigenvalue weighted by atomic mass is 16.6. The Balaban J connectivity index is 0.750. The molecule has 0 heterocycles. The molecule has 0 saturated carbocycles. The molecule has 0 unspecified atom stereocenters. The molecule has 0 spiro atoms. The normalized spacial score (nSPS) is 12.1. The first-order valence-electron chi connectivity index (χ1n) is 22.5. The van der Waals surface area contributed by atoms with E-state index in [0.29, 0.717) is 178 Å². The standard InChI is InChI=1S/C48H71NO15/c50-48(64-41-47-45-12-6-4-10-43(45)44-11-5-7-13-46(44)47)49-14-15-51-16-17-52-18-19-53-20-21-54-22-23-55-24-25-56-26-27-57-28-29-58-30-31-59-32-33-60-34-35-61-36-37-62-38-39-63-40-42-8-2-1-3-9-42/h1-13,47H,14-41H2,(H,49,50). The third-order valence-electron chi connectivity index (χ3n) is 9.44. The zero-order valence-electron chi connectivity index (χ0n) is 37.5. The lowest BCUT2D eigenvalue weighted by Gasteiger charge is -2.14. The van der Waals surface area contributed by atoms with Crippen molar-refractivity contribution in [2.45, 2.75) is 12.5 Å². The third kappa shape index (κ3) is 25.2. The van der Waals surface area contributed by atoms with E-state index in [1.807, 2.05) is 54.6 Å². The maximum absolute atomic E-state index is 12.3. The summed E-state index contributed by atoms with van der Waals surface area (Å²) in [7, 11) is 0. The molecule has 1 aliphatic rings. The number of amides is 1. The number of nitrogens with one attached hydrogen (secondary N) is 1. The van der Waals surface area contributed by atoms with Crippen LogP contribution in [0.1, 0.15) is 22.6 Å². The van der Waals surface area contributed by atoms with E-state index in [4.69, 9.17) is 66.3 Å². The molecule has 0 bridgehead atoms. The van der Waals surface area contributed by atoms with Crippen LogP contribution >= 0.6 is 0 Å². The van der Waals surface area contributed by atoms with Crippen LogP contribution in [0.2, 0.25) is 0 Å². The fourth-order valence-electron chi connectivity index (χ4n) is 6.28. The summed E-state index contributed by atoms with van der Waals surface area (Å²) in [4.78, 5) is 12.3. The van der Waals surface area contributed by atoms with E-state index < -0.39 is 6.09 Å². The van der Waals surface area contributed by atoms with Gasteiger partial charge in [0.1, 0.15) is 6.61 Å². The molecule has 1 N–H and O–H groups in total. The van der Waals surface area contributed by atoms with Gasteiger partial charge in [0.15, 0.2) is 0 Å². The Kier molecular flexibility index (Phi) is 31.2. The number of hydrogen-bond acceptors (Lipinski definition) is 15. The summed E-state index contributed by atoms with van der Waals surface area (Å²) in [5.41, 5.74) is 5.92. The molecule has 0 radical (unpaired) electrons. The van der Waals surface area contributed by atoms with Crippen LogP contribution in [-0.4, -0.2) is 184 Å². The summed E-state index contributed by atoms with van der Waals surface area (Å²) in [5.74, 6) is 0.0335. The van der Waals surface area contributed by atoms with Crippen LogP contribution in [0.3, 0.4) is 0 Å². The van der Waals surface area contributed by atoms with Crippen LogP contribution in [0.25, 0.3) is 11.1 Å². The van der Waals surface area contributed by atoms with Gasteiger partial charge in [-0.3, -0.25) is 0 Å². The van der Waals surface area contributed by atoms with Crippen molar-refractivity contribution in [3.63, 3.8) is 0 Å². The van der Waals surface area contributed by atoms with Crippen molar-refractivity contribution in [3.8, 4) is 11.1 Å². The molecule has 358 valence electrons. The SMILES string of the molecule is O=C(NCCOCCOCCOCCOCCOCCOCCOCCOCCOCCOCCOCCOCCOCc1ccccc1)OCC1c2ccccc2-c2ccccc21. The molecule has 3 aromatic rings. The molecular weight excluding hydrogens is 831 g/mol. The van der Waals surface area contributed by atoms with Crippen molar-refractivity contribution < 1.29 is 71.1 Å². The predicted octanol–water partition coefficient (Wildman–Crippen LogP) is 4.94. The van der Waals surface area contributed by atoms with Crippen LogP contribution in [0.4, 0.5) is 4.79 Å². The van der Waals surface area contributed by atoms with Crippen LogP contribution in [0.5, 0.6) is 0 Å². The zero-order valence-corrected chi connectivity index (χ0v) is 37.5. The Labute approximate surface area is 379 Å². The maximum Gasteiger partial charge on any atom is 0.407 e. The molecule has 16 nitrogen and oxygen atoms in total. The van der Waals surface area contributed by atoms with E-state index in [-0.39, 0.29) is 12.5 Å². The minimum Gasteiger partial charge on any atom is -0.449 e. The summed E-state index contributed by atoms with van der Waals surface area (Å²) >= 11 is 0. The van der Waals surface area contributed by atoms with Gasteiger partial charge in [-0.05, 0) is 27.8 Å². The molecule has 16 heteroatoms. The lowest BCUT2D eigenvalue weighted by molar-refractivity contribution is -0.0291. The quantitative estimate of drug-likeness (QED) is 0.0762. The summed E-state index contributed by atoms with van der Waals surface area (Å²) in [6.07, 6.45) is -0.454. The summed E-state index contributed by atoms with van der Waals surface area (Å²) in [6.45, 7) is 13.4. The van der Waals surface area contributed by atoms with Crippen molar-refractivity contribution in [1.29, 1.82) is 0 Å². The molecule has 64 heavy (non-hydrogen) atoms. The Bertz CT molecular complexity index is 1510. The van der Waals surface area contributed by atoms with Gasteiger partial charge in [0.25, 0.3) is 0 Å². The lowest BCUT2D eigenvalue weighted by atomic mass is 9.98. The van der Waals surface area contributed by atoms with E-state index in [1.54, 1.807) is 0 Å². The van der Waals surface area contributed by atoms with Crippen LogP contribution in [0.15, 0.2) is 78.9 Å². The molecule has 0 atom stereocenters. The minimum atomic E-state index is -0.454. The molecule has 0 saturated heterocycles. The van der Waals surface area contributed by atoms with Gasteiger partial charge < -0.3 is 71.6 Å². The van der Waals surface area contributed by atoms with Crippen LogP contribution < -0.4 is 5.32 Å². The number of benzene rings is 3. The van der Waals surface area contributed by atoms with E-state index in [1.165, 1.54) is 22.3 Å². The summed E-state index contributed by atoms with van der Waals surface area (Å²) in [5, 5.41) is 2.75. The highest BCUT2D eigenvalue weighted by molar-refractivity contribution is 5.79. The van der Waals surface area contributed by atoms with E-state index >= 15 is 0 Å². The van der Waals surface area contributed by atoms with Crippen molar-refractivity contribution in [2.75, 3.05) is 178 Å². The van der Waals surface area contributed by atoms with Gasteiger partial charge in [-0.2, -0.15) is 0 Å². The number of carbonyl (C=O) groups excluding carboxylic acids is 1. The molecule has 0 aliphatic heterocycles. The van der Waals surface area contributed by atoms with Gasteiger partial charge in [-0.15, -0.1) is 0 Å². The maximum atomic E-state index is 12.3. The first-order chi connectivity index (χ1) is 31.8. The highest BCUT2D eigenvalue weighted by Gasteiger charge is 2.29. The molecule has 1 amide bonds. The topological polar surface area (TPSA) is 158 Å². The number of rotatable bonds is 43. The number of hydrogen-bond donors (Lipinski definition) is 1. The van der Waals surface area contributed by atoms with Crippen molar-refractivity contribution >= 4 is 6.09 Å². The van der Waals surface area contributed by atoms with Gasteiger partial charge >= 0.3 is 6.09 Å². The Hall–Kier alpha value is -3.59. The van der Waals surface area contributed by atoms with Crippen LogP contribution in [-0.2, 0) is 72.9 Å². The van der Waals surface area contributed by atoms with Crippen molar-refractivity contribution in [1.82, 2.24) is 5.32 Å². The fourth-order valence-corrected chi connectivity index (χ4v) is 6.28. The summed E-state index contributed by atoms with van der Waals surface area (Å²) < 4.78 is 77.3. The highest BCUT2D eigenvalue weighted by Crippen LogP contribution is 2.44. The van der Waals surface area contributed by atoms with E-state index in [9.17, 15) is 4.79 Å². The average molecular weight is 902 g/mol. The number of alkyl carbamates (subject to hydrolysis) is 1. The van der Waals surface area contributed by atoms with Gasteiger partial charge in [0.2, 0.25) is 0 Å². The predicted molar refractivity (Wildman–Crippen MR) is 239 cm³/mol. The van der Waals surface area contributed by atoms with Crippen molar-refractivity contribution in [3.05, 3.63) is 95.6 Å². The third-order valence-corrected chi connectivity index (χ3v) is 9.44. The largest absolute Gasteiger partial charge is 0.449 e. The summed E-state index contributed by atoms with van der Waals surface area (Å²) in [6, 6.07) is 26.6. The molecule has 0 aromatic heterocycles. The van der Waals surface area contributed by atoms with Crippen molar-refractivity contribution in [2.24, 2.45) is 0 Å². The second-order valence-electron chi connectivity index (χ2n) is 14.1. The monoisotopic (exact) mass is 901 g/mol. The number of fused-ring (bicyclic) bond motifs is 3. The smallest absolute Gasteiger partial charge is 0.407 e. The number of carbonyl (C=O) groups is 1. The molecule has 4 rings (SSSR count). The Morgan fingerprint density at radius 1 is 0.359 bits per heavy atom. The number of ether oxygens (including phenoxy) is 14. The second kappa shape index (κ2) is 37.6. The van der Waals surface area contributed by atoms with Gasteiger partial charge in [0.05, 0.1) is 172 Å². The van der Waals surface area contributed by atoms with Crippen LogP contribution in [0, 0.1) is 0 Å². The molecule has 1 aliphatic carbocycles. The Morgan fingerprint density at radius 2 is 0.656 bits per heavy atom. The second-order valence-corrected chi connectivity index (χ2v) is 14.1. The van der Waals surface area contributed by atoms with Gasteiger partial charge in [-0.25, -0.2) is 4.79 Å². The average Bonchev–Trinajstić information content (AvgIpc) is 3.65. The first-order valence-corrected chi connectivity index (χ1v) is 22.5.